The van der Waals surface area contributed by atoms with Gasteiger partial charge < -0.3 is 10.2 Å². The van der Waals surface area contributed by atoms with E-state index in [4.69, 9.17) is 11.6 Å². The zero-order chi connectivity index (χ0) is 14.1. The first-order valence-electron chi connectivity index (χ1n) is 7.00. The molecule has 5 nitrogen and oxygen atoms in total. The normalized spacial score (nSPS) is 16.4. The van der Waals surface area contributed by atoms with Gasteiger partial charge in [0.05, 0.1) is 6.54 Å². The Morgan fingerprint density at radius 2 is 1.89 bits per heavy atom. The number of halogens is 1. The fourth-order valence-electron chi connectivity index (χ4n) is 2.05. The van der Waals surface area contributed by atoms with Gasteiger partial charge in [-0.15, -0.1) is 11.6 Å². The quantitative estimate of drug-likeness (QED) is 0.701. The molecule has 2 amide bonds. The van der Waals surface area contributed by atoms with Crippen LogP contribution in [0.2, 0.25) is 0 Å². The molecule has 0 aromatic rings. The maximum absolute atomic E-state index is 11.8. The zero-order valence-electron chi connectivity index (χ0n) is 11.7. The monoisotopic (exact) mass is 289 g/mol. The molecule has 0 aliphatic carbocycles. The van der Waals surface area contributed by atoms with Crippen LogP contribution in [0.15, 0.2) is 0 Å². The summed E-state index contributed by atoms with van der Waals surface area (Å²) in [7, 11) is 0. The number of hydrogen-bond donors (Lipinski definition) is 1. The van der Waals surface area contributed by atoms with Gasteiger partial charge in [0.2, 0.25) is 11.8 Å². The highest BCUT2D eigenvalue weighted by atomic mass is 35.5. The molecule has 1 fully saturated rings. The van der Waals surface area contributed by atoms with Crippen LogP contribution in [0.3, 0.4) is 0 Å². The van der Waals surface area contributed by atoms with E-state index >= 15 is 0 Å². The van der Waals surface area contributed by atoms with E-state index in [1.54, 1.807) is 0 Å². The van der Waals surface area contributed by atoms with E-state index in [1.165, 1.54) is 0 Å². The average molecular weight is 290 g/mol. The SMILES string of the molecule is CCCNC(=O)CN1CCN(C(=O)CCCCl)CC1. The molecule has 0 aromatic carbocycles. The van der Waals surface area contributed by atoms with Crippen LogP contribution in [0.5, 0.6) is 0 Å². The fraction of sp³-hybridized carbons (Fsp3) is 0.846. The third-order valence-electron chi connectivity index (χ3n) is 3.19. The predicted octanol–water partition coefficient (Wildman–Crippen LogP) is 0.676. The van der Waals surface area contributed by atoms with Crippen LogP contribution in [0.25, 0.3) is 0 Å². The molecule has 0 spiro atoms. The van der Waals surface area contributed by atoms with E-state index < -0.39 is 0 Å². The van der Waals surface area contributed by atoms with Gasteiger partial charge in [-0.3, -0.25) is 14.5 Å². The summed E-state index contributed by atoms with van der Waals surface area (Å²) in [5.41, 5.74) is 0. The number of hydrogen-bond acceptors (Lipinski definition) is 3. The molecule has 0 radical (unpaired) electrons. The Morgan fingerprint density at radius 1 is 1.21 bits per heavy atom. The van der Waals surface area contributed by atoms with Crippen molar-refractivity contribution in [3.05, 3.63) is 0 Å². The fourth-order valence-corrected chi connectivity index (χ4v) is 2.19. The van der Waals surface area contributed by atoms with Gasteiger partial charge in [-0.2, -0.15) is 0 Å². The molecular formula is C13H24ClN3O2. The Balaban J connectivity index is 2.21. The molecule has 110 valence electrons. The summed E-state index contributed by atoms with van der Waals surface area (Å²) in [4.78, 5) is 27.3. The van der Waals surface area contributed by atoms with E-state index in [9.17, 15) is 9.59 Å². The molecular weight excluding hydrogens is 266 g/mol. The van der Waals surface area contributed by atoms with Gasteiger partial charge in [0.15, 0.2) is 0 Å². The maximum atomic E-state index is 11.8. The van der Waals surface area contributed by atoms with Crippen molar-refractivity contribution in [2.75, 3.05) is 45.1 Å². The summed E-state index contributed by atoms with van der Waals surface area (Å²) in [5.74, 6) is 0.781. The van der Waals surface area contributed by atoms with Crippen molar-refractivity contribution >= 4 is 23.4 Å². The Labute approximate surface area is 120 Å². The van der Waals surface area contributed by atoms with Crippen LogP contribution >= 0.6 is 11.6 Å². The predicted molar refractivity (Wildman–Crippen MR) is 76.3 cm³/mol. The van der Waals surface area contributed by atoms with Gasteiger partial charge in [-0.05, 0) is 12.8 Å². The van der Waals surface area contributed by atoms with E-state index in [1.807, 2.05) is 11.8 Å². The molecule has 19 heavy (non-hydrogen) atoms. The Morgan fingerprint density at radius 3 is 2.47 bits per heavy atom. The second-order valence-corrected chi connectivity index (χ2v) is 5.18. The van der Waals surface area contributed by atoms with E-state index in [0.29, 0.717) is 31.9 Å². The maximum Gasteiger partial charge on any atom is 0.234 e. The topological polar surface area (TPSA) is 52.7 Å². The molecule has 1 aliphatic heterocycles. The van der Waals surface area contributed by atoms with Crippen LogP contribution in [-0.2, 0) is 9.59 Å². The van der Waals surface area contributed by atoms with Crippen molar-refractivity contribution in [1.29, 1.82) is 0 Å². The summed E-state index contributed by atoms with van der Waals surface area (Å²) >= 11 is 5.58. The number of carbonyl (C=O) groups excluding carboxylic acids is 2. The van der Waals surface area contributed by atoms with Crippen LogP contribution in [-0.4, -0.2) is 66.8 Å². The third-order valence-corrected chi connectivity index (χ3v) is 3.46. The summed E-state index contributed by atoms with van der Waals surface area (Å²) in [6.45, 7) is 6.16. The van der Waals surface area contributed by atoms with Crippen molar-refractivity contribution in [3.63, 3.8) is 0 Å². The average Bonchev–Trinajstić information content (AvgIpc) is 2.43. The number of rotatable bonds is 7. The summed E-state index contributed by atoms with van der Waals surface area (Å²) in [6.07, 6.45) is 2.22. The molecule has 0 aromatic heterocycles. The van der Waals surface area contributed by atoms with E-state index in [-0.39, 0.29) is 11.8 Å². The second kappa shape index (κ2) is 9.15. The van der Waals surface area contributed by atoms with Crippen molar-refractivity contribution in [1.82, 2.24) is 15.1 Å². The lowest BCUT2D eigenvalue weighted by Crippen LogP contribution is -2.51. The standard InChI is InChI=1S/C13H24ClN3O2/c1-2-6-15-12(18)11-16-7-9-17(10-8-16)13(19)4-3-5-14/h2-11H2,1H3,(H,15,18). The van der Waals surface area contributed by atoms with Gasteiger partial charge in [0, 0.05) is 45.0 Å². The molecule has 0 bridgehead atoms. The molecule has 1 rings (SSSR count). The van der Waals surface area contributed by atoms with Crippen molar-refractivity contribution < 1.29 is 9.59 Å². The Hall–Kier alpha value is -0.810. The van der Waals surface area contributed by atoms with Gasteiger partial charge in [0.25, 0.3) is 0 Å². The lowest BCUT2D eigenvalue weighted by atomic mass is 10.2. The van der Waals surface area contributed by atoms with Crippen LogP contribution in [0.1, 0.15) is 26.2 Å². The number of nitrogens with zero attached hydrogens (tertiary/aromatic N) is 2. The zero-order valence-corrected chi connectivity index (χ0v) is 12.4. The number of amides is 2. The first-order chi connectivity index (χ1) is 9.17. The Bertz CT molecular complexity index is 292. The van der Waals surface area contributed by atoms with Crippen LogP contribution in [0, 0.1) is 0 Å². The second-order valence-electron chi connectivity index (χ2n) is 4.80. The molecule has 0 saturated carbocycles. The van der Waals surface area contributed by atoms with Gasteiger partial charge >= 0.3 is 0 Å². The molecule has 6 heteroatoms. The van der Waals surface area contributed by atoms with Crippen molar-refractivity contribution in [2.24, 2.45) is 0 Å². The highest BCUT2D eigenvalue weighted by Gasteiger charge is 2.21. The number of carbonyl (C=O) groups is 2. The highest BCUT2D eigenvalue weighted by Crippen LogP contribution is 2.05. The smallest absolute Gasteiger partial charge is 0.234 e. The minimum absolute atomic E-state index is 0.0729. The van der Waals surface area contributed by atoms with Crippen molar-refractivity contribution in [2.45, 2.75) is 26.2 Å². The summed E-state index contributed by atoms with van der Waals surface area (Å²) in [5, 5.41) is 2.87. The molecule has 0 atom stereocenters. The minimum atomic E-state index is 0.0729. The van der Waals surface area contributed by atoms with Gasteiger partial charge in [-0.1, -0.05) is 6.92 Å². The third kappa shape index (κ3) is 6.25. The molecule has 1 N–H and O–H groups in total. The number of piperazine rings is 1. The van der Waals surface area contributed by atoms with E-state index in [2.05, 4.69) is 10.2 Å². The lowest BCUT2D eigenvalue weighted by molar-refractivity contribution is -0.133. The number of alkyl halides is 1. The minimum Gasteiger partial charge on any atom is -0.355 e. The summed E-state index contributed by atoms with van der Waals surface area (Å²) in [6, 6.07) is 0. The molecule has 1 heterocycles. The largest absolute Gasteiger partial charge is 0.355 e. The van der Waals surface area contributed by atoms with Gasteiger partial charge in [-0.25, -0.2) is 0 Å². The first-order valence-corrected chi connectivity index (χ1v) is 7.53. The van der Waals surface area contributed by atoms with E-state index in [0.717, 1.165) is 32.5 Å². The summed E-state index contributed by atoms with van der Waals surface area (Å²) < 4.78 is 0. The first kappa shape index (κ1) is 16.2. The van der Waals surface area contributed by atoms with Crippen LogP contribution < -0.4 is 5.32 Å². The number of nitrogens with one attached hydrogen (secondary N) is 1. The highest BCUT2D eigenvalue weighted by molar-refractivity contribution is 6.17. The molecule has 1 saturated heterocycles. The van der Waals surface area contributed by atoms with Crippen LogP contribution in [0.4, 0.5) is 0 Å². The van der Waals surface area contributed by atoms with Gasteiger partial charge in [0.1, 0.15) is 0 Å². The molecule has 0 unspecified atom stereocenters. The lowest BCUT2D eigenvalue weighted by Gasteiger charge is -2.34. The van der Waals surface area contributed by atoms with Crippen molar-refractivity contribution in [3.8, 4) is 0 Å². The Kier molecular flexibility index (Phi) is 7.82. The molecule has 1 aliphatic rings.